The number of rotatable bonds is 5. The van der Waals surface area contributed by atoms with Crippen molar-refractivity contribution in [3.63, 3.8) is 0 Å². The van der Waals surface area contributed by atoms with Gasteiger partial charge < -0.3 is 22.9 Å². The average molecular weight is 381 g/mol. The van der Waals surface area contributed by atoms with Gasteiger partial charge in [0, 0.05) is 21.2 Å². The summed E-state index contributed by atoms with van der Waals surface area (Å²) in [7, 11) is 0. The minimum atomic E-state index is 0.0368. The van der Waals surface area contributed by atoms with E-state index in [1.807, 2.05) is 12.1 Å². The van der Waals surface area contributed by atoms with Crippen LogP contribution in [0.4, 0.5) is 11.4 Å². The monoisotopic (exact) mass is 380 g/mol. The lowest BCUT2D eigenvalue weighted by atomic mass is 10.1. The number of nitrogens with two attached hydrogens (primary N) is 4. The Balaban J connectivity index is 2.34. The second-order valence-corrected chi connectivity index (χ2v) is 7.28. The molecule has 2 rings (SSSR count). The molecular weight excluding hydrogens is 364 g/mol. The zero-order valence-corrected chi connectivity index (χ0v) is 15.3. The quantitative estimate of drug-likeness (QED) is 0.267. The third kappa shape index (κ3) is 4.90. The summed E-state index contributed by atoms with van der Waals surface area (Å²) < 4.78 is 0. The van der Waals surface area contributed by atoms with Crippen molar-refractivity contribution in [2.45, 2.75) is 9.79 Å². The van der Waals surface area contributed by atoms with Crippen LogP contribution in [0.1, 0.15) is 0 Å². The first-order chi connectivity index (χ1) is 12.4. The lowest BCUT2D eigenvalue weighted by molar-refractivity contribution is 1.34. The Hall–Kier alpha value is -3.20. The van der Waals surface area contributed by atoms with Gasteiger partial charge in [0.25, 0.3) is 0 Å². The van der Waals surface area contributed by atoms with E-state index in [1.54, 1.807) is 48.5 Å². The molecule has 0 saturated heterocycles. The minimum Gasteiger partial charge on any atom is -0.399 e. The normalized spacial score (nSPS) is 12.4. The Morgan fingerprint density at radius 1 is 0.654 bits per heavy atom. The van der Waals surface area contributed by atoms with E-state index in [0.29, 0.717) is 11.4 Å². The van der Waals surface area contributed by atoms with Crippen molar-refractivity contribution in [1.82, 2.24) is 0 Å². The maximum atomic E-state index is 9.48. The molecule has 0 aromatic heterocycles. The Morgan fingerprint density at radius 3 is 1.23 bits per heavy atom. The Labute approximate surface area is 160 Å². The van der Waals surface area contributed by atoms with Crippen molar-refractivity contribution in [2.24, 2.45) is 11.5 Å². The number of hydrogen-bond donors (Lipinski definition) is 4. The molecule has 0 aliphatic heterocycles. The van der Waals surface area contributed by atoms with E-state index >= 15 is 0 Å². The van der Waals surface area contributed by atoms with Crippen LogP contribution in [0.5, 0.6) is 0 Å². The third-order valence-corrected chi connectivity index (χ3v) is 5.05. The first-order valence-electron chi connectivity index (χ1n) is 7.31. The van der Waals surface area contributed by atoms with E-state index in [4.69, 9.17) is 22.9 Å². The molecule has 8 heteroatoms. The number of anilines is 2. The second kappa shape index (κ2) is 8.77. The van der Waals surface area contributed by atoms with Gasteiger partial charge in [-0.2, -0.15) is 10.5 Å². The predicted octanol–water partition coefficient (Wildman–Crippen LogP) is 3.12. The SMILES string of the molecule is N#CC(=C(/N)Sc1ccc(N)cc1)/C(C#N)=C(\N)Sc1ccc(N)cc1. The number of benzene rings is 2. The number of nitrogens with zero attached hydrogens (tertiary/aromatic N) is 2. The molecule has 130 valence electrons. The molecule has 0 fully saturated rings. The number of nitriles is 2. The van der Waals surface area contributed by atoms with Gasteiger partial charge >= 0.3 is 0 Å². The fourth-order valence-corrected chi connectivity index (χ4v) is 3.45. The first kappa shape index (κ1) is 19.1. The topological polar surface area (TPSA) is 152 Å². The summed E-state index contributed by atoms with van der Waals surface area (Å²) >= 11 is 2.33. The van der Waals surface area contributed by atoms with Crippen LogP contribution in [-0.2, 0) is 0 Å². The van der Waals surface area contributed by atoms with Crippen molar-refractivity contribution >= 4 is 34.9 Å². The zero-order valence-electron chi connectivity index (χ0n) is 13.6. The average Bonchev–Trinajstić information content (AvgIpc) is 2.63. The highest BCUT2D eigenvalue weighted by Gasteiger charge is 2.15. The van der Waals surface area contributed by atoms with E-state index in [1.165, 1.54) is 23.5 Å². The van der Waals surface area contributed by atoms with Gasteiger partial charge in [0.15, 0.2) is 0 Å². The summed E-state index contributed by atoms with van der Waals surface area (Å²) in [6.07, 6.45) is 0. The van der Waals surface area contributed by atoms with Crippen molar-refractivity contribution < 1.29 is 0 Å². The maximum absolute atomic E-state index is 9.48. The van der Waals surface area contributed by atoms with Gasteiger partial charge in [-0.3, -0.25) is 0 Å². The molecule has 0 radical (unpaired) electrons. The summed E-state index contributed by atoms with van der Waals surface area (Å²) in [5, 5.41) is 19.3. The fourth-order valence-electron chi connectivity index (χ4n) is 1.90. The van der Waals surface area contributed by atoms with Gasteiger partial charge in [-0.15, -0.1) is 0 Å². The third-order valence-electron chi connectivity index (χ3n) is 3.18. The zero-order chi connectivity index (χ0) is 19.1. The van der Waals surface area contributed by atoms with E-state index in [0.717, 1.165) is 9.79 Å². The van der Waals surface area contributed by atoms with Gasteiger partial charge in [-0.25, -0.2) is 0 Å². The highest BCUT2D eigenvalue weighted by Crippen LogP contribution is 2.32. The van der Waals surface area contributed by atoms with E-state index in [-0.39, 0.29) is 21.2 Å². The van der Waals surface area contributed by atoms with Gasteiger partial charge in [0.2, 0.25) is 0 Å². The molecule has 0 spiro atoms. The second-order valence-electron chi connectivity index (χ2n) is 5.04. The molecule has 2 aromatic rings. The molecule has 26 heavy (non-hydrogen) atoms. The van der Waals surface area contributed by atoms with Crippen LogP contribution in [0.2, 0.25) is 0 Å². The lowest BCUT2D eigenvalue weighted by Crippen LogP contribution is -2.05. The first-order valence-corrected chi connectivity index (χ1v) is 8.94. The van der Waals surface area contributed by atoms with E-state index in [9.17, 15) is 10.5 Å². The molecule has 0 amide bonds. The van der Waals surface area contributed by atoms with Crippen LogP contribution in [0.3, 0.4) is 0 Å². The Kier molecular flexibility index (Phi) is 6.45. The van der Waals surface area contributed by atoms with Crippen LogP contribution in [0.25, 0.3) is 0 Å². The smallest absolute Gasteiger partial charge is 0.103 e. The van der Waals surface area contributed by atoms with E-state index in [2.05, 4.69) is 0 Å². The number of nitrogen functional groups attached to an aromatic ring is 2. The molecule has 0 atom stereocenters. The van der Waals surface area contributed by atoms with Crippen molar-refractivity contribution in [3.8, 4) is 12.1 Å². The largest absolute Gasteiger partial charge is 0.399 e. The molecule has 6 nitrogen and oxygen atoms in total. The molecule has 8 N–H and O–H groups in total. The molecule has 0 bridgehead atoms. The molecule has 0 heterocycles. The van der Waals surface area contributed by atoms with Crippen LogP contribution < -0.4 is 22.9 Å². The number of allylic oxidation sites excluding steroid dienone is 2. The highest BCUT2D eigenvalue weighted by atomic mass is 32.2. The summed E-state index contributed by atoms with van der Waals surface area (Å²) in [5.74, 6) is 0. The maximum Gasteiger partial charge on any atom is 0.103 e. The molecule has 0 saturated carbocycles. The standard InChI is InChI=1S/C18H16N6S2/c19-9-15(17(23)25-13-5-1-11(21)2-6-13)16(10-20)18(24)26-14-7-3-12(22)4-8-14/h1-8H,21-24H2/b17-15+,18-16+. The number of hydrogen-bond acceptors (Lipinski definition) is 8. The molecule has 0 aliphatic rings. The van der Waals surface area contributed by atoms with Crippen molar-refractivity contribution in [2.75, 3.05) is 11.5 Å². The van der Waals surface area contributed by atoms with E-state index < -0.39 is 0 Å². The fraction of sp³-hybridized carbons (Fsp3) is 0. The van der Waals surface area contributed by atoms with Crippen molar-refractivity contribution in [3.05, 3.63) is 69.7 Å². The Morgan fingerprint density at radius 2 is 0.962 bits per heavy atom. The minimum absolute atomic E-state index is 0.0368. The number of thioether (sulfide) groups is 2. The van der Waals surface area contributed by atoms with Crippen LogP contribution >= 0.6 is 23.5 Å². The lowest BCUT2D eigenvalue weighted by Gasteiger charge is -2.08. The van der Waals surface area contributed by atoms with Gasteiger partial charge in [-0.1, -0.05) is 23.5 Å². The predicted molar refractivity (Wildman–Crippen MR) is 107 cm³/mol. The summed E-state index contributed by atoms with van der Waals surface area (Å²) in [6, 6.07) is 18.0. The van der Waals surface area contributed by atoms with Gasteiger partial charge in [-0.05, 0) is 48.5 Å². The van der Waals surface area contributed by atoms with Crippen LogP contribution in [0, 0.1) is 22.7 Å². The van der Waals surface area contributed by atoms with Crippen LogP contribution in [-0.4, -0.2) is 0 Å². The molecule has 0 unspecified atom stereocenters. The van der Waals surface area contributed by atoms with Crippen LogP contribution in [0.15, 0.2) is 79.5 Å². The molecular formula is C18H16N6S2. The molecule has 0 aliphatic carbocycles. The molecule has 2 aromatic carbocycles. The van der Waals surface area contributed by atoms with Crippen molar-refractivity contribution in [1.29, 1.82) is 10.5 Å². The highest BCUT2D eigenvalue weighted by molar-refractivity contribution is 8.03. The summed E-state index contributed by atoms with van der Waals surface area (Å²) in [5.41, 5.74) is 24.7. The van der Waals surface area contributed by atoms with Gasteiger partial charge in [0.05, 0.1) is 10.1 Å². The van der Waals surface area contributed by atoms with Gasteiger partial charge in [0.1, 0.15) is 23.3 Å². The summed E-state index contributed by atoms with van der Waals surface area (Å²) in [6.45, 7) is 0. The Bertz CT molecular complexity index is 852. The summed E-state index contributed by atoms with van der Waals surface area (Å²) in [4.78, 5) is 1.60.